The van der Waals surface area contributed by atoms with Gasteiger partial charge in [-0.15, -0.1) is 0 Å². The molecule has 0 spiro atoms. The van der Waals surface area contributed by atoms with Crippen LogP contribution in [0.25, 0.3) is 0 Å². The summed E-state index contributed by atoms with van der Waals surface area (Å²) in [6, 6.07) is 7.03. The minimum Gasteiger partial charge on any atom is -0.378 e. The minimum atomic E-state index is -3.14. The van der Waals surface area contributed by atoms with Crippen molar-refractivity contribution in [2.75, 3.05) is 12.4 Å². The molecule has 3 nitrogen and oxygen atoms in total. The molecule has 0 radical (unpaired) electrons. The van der Waals surface area contributed by atoms with Crippen molar-refractivity contribution in [2.45, 2.75) is 37.2 Å². The molecule has 1 aliphatic heterocycles. The largest absolute Gasteiger partial charge is 0.378 e. The van der Waals surface area contributed by atoms with Crippen molar-refractivity contribution >= 4 is 9.84 Å². The molecule has 0 aromatic heterocycles. The zero-order valence-corrected chi connectivity index (χ0v) is 10.9. The molecule has 0 saturated carbocycles. The molecule has 94 valence electrons. The maximum atomic E-state index is 12.0. The second-order valence-electron chi connectivity index (χ2n) is 4.56. The Morgan fingerprint density at radius 1 is 1.29 bits per heavy atom. The van der Waals surface area contributed by atoms with Crippen molar-refractivity contribution in [3.05, 3.63) is 29.8 Å². The highest BCUT2D eigenvalue weighted by molar-refractivity contribution is 7.91. The standard InChI is InChI=1S/C13H18O3S/c1-11-4-6-13(7-5-11)17(14,15)10-8-12-3-2-9-16-12/h4-7,12H,2-3,8-10H2,1H3/t12-/m1/s1. The molecule has 0 amide bonds. The first-order chi connectivity index (χ1) is 8.08. The van der Waals surface area contributed by atoms with Gasteiger partial charge in [0, 0.05) is 6.61 Å². The molecule has 1 saturated heterocycles. The summed E-state index contributed by atoms with van der Waals surface area (Å²) in [6.07, 6.45) is 2.78. The number of ether oxygens (including phenoxy) is 1. The first-order valence-corrected chi connectivity index (χ1v) is 7.64. The Kier molecular flexibility index (Phi) is 3.84. The predicted molar refractivity (Wildman–Crippen MR) is 66.8 cm³/mol. The van der Waals surface area contributed by atoms with Crippen LogP contribution in [0.1, 0.15) is 24.8 Å². The van der Waals surface area contributed by atoms with Crippen LogP contribution in [0.5, 0.6) is 0 Å². The lowest BCUT2D eigenvalue weighted by Crippen LogP contribution is -2.14. The quantitative estimate of drug-likeness (QED) is 0.828. The molecule has 0 unspecified atom stereocenters. The summed E-state index contributed by atoms with van der Waals surface area (Å²) in [6.45, 7) is 2.72. The monoisotopic (exact) mass is 254 g/mol. The van der Waals surface area contributed by atoms with E-state index >= 15 is 0 Å². The summed E-state index contributed by atoms with van der Waals surface area (Å²) in [4.78, 5) is 0.418. The Morgan fingerprint density at radius 3 is 2.59 bits per heavy atom. The average molecular weight is 254 g/mol. The van der Waals surface area contributed by atoms with Crippen LogP contribution in [0.4, 0.5) is 0 Å². The molecule has 0 aliphatic carbocycles. The van der Waals surface area contributed by atoms with Gasteiger partial charge in [0.1, 0.15) is 0 Å². The van der Waals surface area contributed by atoms with Crippen LogP contribution >= 0.6 is 0 Å². The molecule has 17 heavy (non-hydrogen) atoms. The Balaban J connectivity index is 2.00. The second kappa shape index (κ2) is 5.19. The summed E-state index contributed by atoms with van der Waals surface area (Å²) < 4.78 is 29.5. The smallest absolute Gasteiger partial charge is 0.178 e. The molecule has 1 heterocycles. The average Bonchev–Trinajstić information content (AvgIpc) is 2.80. The lowest BCUT2D eigenvalue weighted by atomic mass is 10.2. The summed E-state index contributed by atoms with van der Waals surface area (Å²) >= 11 is 0. The van der Waals surface area contributed by atoms with Gasteiger partial charge in [0.15, 0.2) is 9.84 Å². The second-order valence-corrected chi connectivity index (χ2v) is 6.66. The molecule has 1 atom stereocenters. The van der Waals surface area contributed by atoms with E-state index in [0.717, 1.165) is 25.0 Å². The zero-order chi connectivity index (χ0) is 12.3. The first kappa shape index (κ1) is 12.6. The third-order valence-electron chi connectivity index (χ3n) is 3.11. The number of aryl methyl sites for hydroxylation is 1. The number of sulfone groups is 1. The van der Waals surface area contributed by atoms with E-state index in [2.05, 4.69) is 0 Å². The van der Waals surface area contributed by atoms with Crippen LogP contribution in [0.15, 0.2) is 29.2 Å². The van der Waals surface area contributed by atoms with Crippen molar-refractivity contribution in [3.8, 4) is 0 Å². The van der Waals surface area contributed by atoms with E-state index in [-0.39, 0.29) is 11.9 Å². The molecular formula is C13H18O3S. The first-order valence-electron chi connectivity index (χ1n) is 5.99. The van der Waals surface area contributed by atoms with E-state index in [9.17, 15) is 8.42 Å². The summed E-state index contributed by atoms with van der Waals surface area (Å²) in [5, 5.41) is 0. The molecule has 1 aliphatic rings. The van der Waals surface area contributed by atoms with Gasteiger partial charge in [-0.3, -0.25) is 0 Å². The van der Waals surface area contributed by atoms with Crippen molar-refractivity contribution in [3.63, 3.8) is 0 Å². The zero-order valence-electron chi connectivity index (χ0n) is 10.1. The lowest BCUT2D eigenvalue weighted by Gasteiger charge is -2.09. The normalized spacial score (nSPS) is 20.6. The van der Waals surface area contributed by atoms with Gasteiger partial charge < -0.3 is 4.74 Å². The lowest BCUT2D eigenvalue weighted by molar-refractivity contribution is 0.109. The van der Waals surface area contributed by atoms with Crippen molar-refractivity contribution in [1.82, 2.24) is 0 Å². The number of rotatable bonds is 4. The predicted octanol–water partition coefficient (Wildman–Crippen LogP) is 2.34. The maximum absolute atomic E-state index is 12.0. The third kappa shape index (κ3) is 3.30. The van der Waals surface area contributed by atoms with Crippen molar-refractivity contribution < 1.29 is 13.2 Å². The van der Waals surface area contributed by atoms with Crippen molar-refractivity contribution in [1.29, 1.82) is 0 Å². The summed E-state index contributed by atoms with van der Waals surface area (Å²) in [5.74, 6) is 0.181. The Hall–Kier alpha value is -0.870. The molecule has 0 bridgehead atoms. The van der Waals surface area contributed by atoms with Crippen molar-refractivity contribution in [2.24, 2.45) is 0 Å². The minimum absolute atomic E-state index is 0.134. The molecule has 1 fully saturated rings. The molecule has 4 heteroatoms. The Morgan fingerprint density at radius 2 is 2.00 bits per heavy atom. The number of hydrogen-bond acceptors (Lipinski definition) is 3. The Bertz CT molecular complexity index is 456. The van der Waals surface area contributed by atoms with E-state index in [1.54, 1.807) is 12.1 Å². The fourth-order valence-electron chi connectivity index (χ4n) is 2.02. The molecule has 2 rings (SSSR count). The number of benzene rings is 1. The van der Waals surface area contributed by atoms with Crippen LogP contribution in [0.2, 0.25) is 0 Å². The van der Waals surface area contributed by atoms with E-state index < -0.39 is 9.84 Å². The summed E-state index contributed by atoms with van der Waals surface area (Å²) in [5.41, 5.74) is 1.07. The van der Waals surface area contributed by atoms with Gasteiger partial charge in [-0.1, -0.05) is 17.7 Å². The molecule has 1 aromatic rings. The highest BCUT2D eigenvalue weighted by Crippen LogP contribution is 2.19. The Labute approximate surface area is 103 Å². The third-order valence-corrected chi connectivity index (χ3v) is 4.88. The highest BCUT2D eigenvalue weighted by atomic mass is 32.2. The topological polar surface area (TPSA) is 43.4 Å². The van der Waals surface area contributed by atoms with Gasteiger partial charge in [0.2, 0.25) is 0 Å². The van der Waals surface area contributed by atoms with E-state index in [1.165, 1.54) is 0 Å². The number of hydrogen-bond donors (Lipinski definition) is 0. The molecular weight excluding hydrogens is 236 g/mol. The van der Waals surface area contributed by atoms with Crippen LogP contribution in [0.3, 0.4) is 0 Å². The van der Waals surface area contributed by atoms with E-state index in [0.29, 0.717) is 11.3 Å². The van der Waals surface area contributed by atoms with E-state index in [4.69, 9.17) is 4.74 Å². The van der Waals surface area contributed by atoms with Gasteiger partial charge >= 0.3 is 0 Å². The van der Waals surface area contributed by atoms with Gasteiger partial charge in [0.05, 0.1) is 16.8 Å². The van der Waals surface area contributed by atoms with Crippen LogP contribution in [0, 0.1) is 6.92 Å². The van der Waals surface area contributed by atoms with Gasteiger partial charge in [-0.05, 0) is 38.3 Å². The van der Waals surface area contributed by atoms with Gasteiger partial charge in [-0.25, -0.2) is 8.42 Å². The van der Waals surface area contributed by atoms with Crippen LogP contribution < -0.4 is 0 Å². The fourth-order valence-corrected chi connectivity index (χ4v) is 3.38. The molecule has 0 N–H and O–H groups in total. The van der Waals surface area contributed by atoms with Crippen LogP contribution in [-0.2, 0) is 14.6 Å². The maximum Gasteiger partial charge on any atom is 0.178 e. The molecule has 1 aromatic carbocycles. The van der Waals surface area contributed by atoms with Gasteiger partial charge in [0.25, 0.3) is 0 Å². The van der Waals surface area contributed by atoms with E-state index in [1.807, 2.05) is 19.1 Å². The van der Waals surface area contributed by atoms with Crippen LogP contribution in [-0.4, -0.2) is 26.9 Å². The summed E-state index contributed by atoms with van der Waals surface area (Å²) in [7, 11) is -3.14. The highest BCUT2D eigenvalue weighted by Gasteiger charge is 2.20. The fraction of sp³-hybridized carbons (Fsp3) is 0.538. The van der Waals surface area contributed by atoms with Gasteiger partial charge in [-0.2, -0.15) is 0 Å². The SMILES string of the molecule is Cc1ccc(S(=O)(=O)CC[C@H]2CCCO2)cc1.